The minimum absolute atomic E-state index is 0.0335. The van der Waals surface area contributed by atoms with Crippen LogP contribution in [0.15, 0.2) is 36.4 Å². The number of anilines is 1. The first-order valence-corrected chi connectivity index (χ1v) is 13.8. The monoisotopic (exact) mass is 641 g/mol. The van der Waals surface area contributed by atoms with E-state index in [4.69, 9.17) is 42.1 Å². The summed E-state index contributed by atoms with van der Waals surface area (Å²) in [6.07, 6.45) is -6.28. The fourth-order valence-electron chi connectivity index (χ4n) is 4.54. The van der Waals surface area contributed by atoms with Crippen LogP contribution >= 0.6 is 23.2 Å². The molecule has 43 heavy (non-hydrogen) atoms. The van der Waals surface area contributed by atoms with E-state index < -0.39 is 36.5 Å². The molecule has 13 heteroatoms. The lowest BCUT2D eigenvalue weighted by molar-refractivity contribution is -0.137. The van der Waals surface area contributed by atoms with Crippen LogP contribution in [0.1, 0.15) is 59.0 Å². The maximum absolute atomic E-state index is 13.3. The Hall–Kier alpha value is -3.67. The number of hydrogen-bond acceptors (Lipinski definition) is 7. The molecule has 1 aliphatic heterocycles. The van der Waals surface area contributed by atoms with Crippen LogP contribution in [0, 0.1) is 12.8 Å². The maximum Gasteiger partial charge on any atom is 0.419 e. The number of hydrogen-bond donors (Lipinski definition) is 1. The van der Waals surface area contributed by atoms with Gasteiger partial charge in [0.2, 0.25) is 0 Å². The molecule has 8 nitrogen and oxygen atoms in total. The summed E-state index contributed by atoms with van der Waals surface area (Å²) in [5.74, 6) is -1.17. The molecule has 1 N–H and O–H groups in total. The molecule has 0 radical (unpaired) electrons. The van der Waals surface area contributed by atoms with Gasteiger partial charge in [0, 0.05) is 18.3 Å². The molecule has 1 atom stereocenters. The van der Waals surface area contributed by atoms with E-state index in [1.807, 2.05) is 13.8 Å². The molecule has 3 aromatic carbocycles. The van der Waals surface area contributed by atoms with E-state index in [0.29, 0.717) is 12.0 Å². The van der Waals surface area contributed by atoms with Gasteiger partial charge < -0.3 is 24.1 Å². The highest BCUT2D eigenvalue weighted by molar-refractivity contribution is 6.38. The van der Waals surface area contributed by atoms with Gasteiger partial charge in [-0.3, -0.25) is 4.90 Å². The van der Waals surface area contributed by atoms with Crippen LogP contribution in [-0.4, -0.2) is 31.3 Å². The molecule has 0 bridgehead atoms. The lowest BCUT2D eigenvalue weighted by Gasteiger charge is -2.26. The van der Waals surface area contributed by atoms with Crippen molar-refractivity contribution < 1.29 is 46.8 Å². The summed E-state index contributed by atoms with van der Waals surface area (Å²) in [6.45, 7) is 4.99. The highest BCUT2D eigenvalue weighted by Crippen LogP contribution is 2.50. The second-order valence-electron chi connectivity index (χ2n) is 10.2. The molecular formula is C30H28Cl2F3NO7. The van der Waals surface area contributed by atoms with Crippen molar-refractivity contribution in [2.45, 2.75) is 46.1 Å². The number of aliphatic hydroxyl groups is 1. The lowest BCUT2D eigenvalue weighted by Crippen LogP contribution is -2.30. The van der Waals surface area contributed by atoms with E-state index in [2.05, 4.69) is 0 Å². The van der Waals surface area contributed by atoms with Crippen LogP contribution in [0.5, 0.6) is 23.0 Å². The Morgan fingerprint density at radius 1 is 1.14 bits per heavy atom. The van der Waals surface area contributed by atoms with Gasteiger partial charge in [0.1, 0.15) is 23.7 Å². The predicted molar refractivity (Wildman–Crippen MR) is 154 cm³/mol. The first-order chi connectivity index (χ1) is 20.1. The first kappa shape index (κ1) is 32.2. The lowest BCUT2D eigenvalue weighted by atomic mass is 9.96. The molecule has 1 aliphatic rings. The van der Waals surface area contributed by atoms with Gasteiger partial charge in [-0.1, -0.05) is 43.1 Å². The highest BCUT2D eigenvalue weighted by Gasteiger charge is 2.34. The molecule has 0 spiro atoms. The van der Waals surface area contributed by atoms with Crippen molar-refractivity contribution in [3.63, 3.8) is 0 Å². The molecule has 1 heterocycles. The van der Waals surface area contributed by atoms with E-state index in [1.54, 1.807) is 6.92 Å². The fourth-order valence-corrected chi connectivity index (χ4v) is 5.05. The summed E-state index contributed by atoms with van der Waals surface area (Å²) in [4.78, 5) is 27.3. The third kappa shape index (κ3) is 6.48. The molecule has 0 fully saturated rings. The minimum Gasteiger partial charge on any atom is -0.495 e. The normalized spacial score (nSPS) is 13.6. The number of carbonyl (C=O) groups excluding carboxylic acids is 2. The van der Waals surface area contributed by atoms with E-state index >= 15 is 0 Å². The average molecular weight is 642 g/mol. The SMILES string of the molecule is COc1c([C@@H](O)CC(C)C)ccc2c1C(=O)OCc1c(Cl)c(C)c(Cl)c(OC(=O)N(C)c3cccc(C(F)(F)F)c3)c1O2. The number of amides is 1. The number of carbonyl (C=O) groups is 2. The van der Waals surface area contributed by atoms with Crippen molar-refractivity contribution in [3.8, 4) is 23.0 Å². The zero-order chi connectivity index (χ0) is 31.8. The van der Waals surface area contributed by atoms with Gasteiger partial charge in [0.15, 0.2) is 11.5 Å². The summed E-state index contributed by atoms with van der Waals surface area (Å²) in [7, 11) is 2.56. The van der Waals surface area contributed by atoms with E-state index in [0.717, 1.165) is 23.1 Å². The van der Waals surface area contributed by atoms with Gasteiger partial charge in [0.25, 0.3) is 0 Å². The van der Waals surface area contributed by atoms with Gasteiger partial charge in [-0.25, -0.2) is 9.59 Å². The van der Waals surface area contributed by atoms with Crippen LogP contribution in [-0.2, 0) is 17.5 Å². The Morgan fingerprint density at radius 3 is 2.47 bits per heavy atom. The fraction of sp³-hybridized carbons (Fsp3) is 0.333. The number of alkyl halides is 3. The Balaban J connectivity index is 1.80. The third-order valence-electron chi connectivity index (χ3n) is 6.80. The van der Waals surface area contributed by atoms with Gasteiger partial charge in [0.05, 0.1) is 34.4 Å². The van der Waals surface area contributed by atoms with Crippen molar-refractivity contribution in [1.82, 2.24) is 0 Å². The number of nitrogens with zero attached hydrogens (tertiary/aromatic N) is 1. The number of cyclic esters (lactones) is 1. The van der Waals surface area contributed by atoms with Crippen LogP contribution < -0.4 is 19.1 Å². The first-order valence-electron chi connectivity index (χ1n) is 13.0. The van der Waals surface area contributed by atoms with Crippen LogP contribution in [0.4, 0.5) is 23.7 Å². The van der Waals surface area contributed by atoms with E-state index in [-0.39, 0.29) is 61.3 Å². The van der Waals surface area contributed by atoms with E-state index in [1.165, 1.54) is 32.4 Å². The summed E-state index contributed by atoms with van der Waals surface area (Å²) in [5.41, 5.74) is -0.428. The topological polar surface area (TPSA) is 94.5 Å². The van der Waals surface area contributed by atoms with Crippen LogP contribution in [0.3, 0.4) is 0 Å². The average Bonchev–Trinajstić information content (AvgIpc) is 2.95. The summed E-state index contributed by atoms with van der Waals surface area (Å²) < 4.78 is 62.6. The van der Waals surface area contributed by atoms with Crippen molar-refractivity contribution in [1.29, 1.82) is 0 Å². The number of aliphatic hydroxyl groups excluding tert-OH is 1. The Morgan fingerprint density at radius 2 is 1.84 bits per heavy atom. The molecule has 0 saturated heterocycles. The molecule has 0 unspecified atom stereocenters. The van der Waals surface area contributed by atoms with E-state index in [9.17, 15) is 27.9 Å². The Labute approximate surface area is 255 Å². The van der Waals surface area contributed by atoms with Crippen LogP contribution in [0.2, 0.25) is 10.0 Å². The Bertz CT molecular complexity index is 1580. The molecule has 3 aromatic rings. The van der Waals surface area contributed by atoms with Crippen molar-refractivity contribution in [2.24, 2.45) is 5.92 Å². The predicted octanol–water partition coefficient (Wildman–Crippen LogP) is 8.51. The largest absolute Gasteiger partial charge is 0.495 e. The highest BCUT2D eigenvalue weighted by atomic mass is 35.5. The van der Waals surface area contributed by atoms with Crippen molar-refractivity contribution in [3.05, 3.63) is 74.3 Å². The number of rotatable bonds is 6. The third-order valence-corrected chi connectivity index (χ3v) is 7.77. The number of ether oxygens (including phenoxy) is 4. The van der Waals surface area contributed by atoms with Crippen molar-refractivity contribution in [2.75, 3.05) is 19.1 Å². The smallest absolute Gasteiger partial charge is 0.419 e. The molecule has 4 rings (SSSR count). The second-order valence-corrected chi connectivity index (χ2v) is 11.0. The quantitative estimate of drug-likeness (QED) is 0.270. The summed E-state index contributed by atoms with van der Waals surface area (Å²) >= 11 is 13.1. The summed E-state index contributed by atoms with van der Waals surface area (Å²) in [6, 6.07) is 7.09. The second kappa shape index (κ2) is 12.5. The zero-order valence-corrected chi connectivity index (χ0v) is 25.3. The number of fused-ring (bicyclic) bond motifs is 2. The molecule has 0 aromatic heterocycles. The Kier molecular flexibility index (Phi) is 9.39. The molecule has 0 aliphatic carbocycles. The number of halogens is 5. The van der Waals surface area contributed by atoms with Gasteiger partial charge in [-0.05, 0) is 55.2 Å². The van der Waals surface area contributed by atoms with Gasteiger partial charge in [-0.2, -0.15) is 13.2 Å². The molecular weight excluding hydrogens is 614 g/mol. The standard InChI is InChI=1S/C30H28Cl2F3NO7/c1-14(2)11-20(37)18-9-10-21-22(25(18)40-5)28(38)41-13-19-23(31)15(3)24(32)27(26(19)42-21)43-29(39)36(4)17-8-6-7-16(12-17)30(33,34)35/h6-10,12,14,20,37H,11,13H2,1-5H3/t20-/m0/s1. The zero-order valence-electron chi connectivity index (χ0n) is 23.8. The molecule has 0 saturated carbocycles. The number of esters is 1. The maximum atomic E-state index is 13.3. The van der Waals surface area contributed by atoms with Gasteiger partial charge in [-0.15, -0.1) is 0 Å². The van der Waals surface area contributed by atoms with Gasteiger partial charge >= 0.3 is 18.2 Å². The number of benzene rings is 3. The minimum atomic E-state index is -4.63. The van der Waals surface area contributed by atoms with Crippen LogP contribution in [0.25, 0.3) is 0 Å². The number of methoxy groups -OCH3 is 1. The van der Waals surface area contributed by atoms with Crippen molar-refractivity contribution >= 4 is 41.0 Å². The summed E-state index contributed by atoms with van der Waals surface area (Å²) in [5, 5.41) is 10.8. The molecule has 1 amide bonds. The molecule has 230 valence electrons.